The van der Waals surface area contributed by atoms with Crippen LogP contribution in [-0.4, -0.2) is 26.6 Å². The molecule has 0 aliphatic heterocycles. The second-order valence-corrected chi connectivity index (χ2v) is 5.60. The molecule has 0 aliphatic carbocycles. The van der Waals surface area contributed by atoms with Gasteiger partial charge in [0.2, 0.25) is 5.91 Å². The van der Waals surface area contributed by atoms with Crippen LogP contribution < -0.4 is 11.1 Å². The summed E-state index contributed by atoms with van der Waals surface area (Å²) >= 11 is 0. The van der Waals surface area contributed by atoms with E-state index in [1.54, 1.807) is 12.1 Å². The maximum absolute atomic E-state index is 11.9. The Morgan fingerprint density at radius 3 is 2.59 bits per heavy atom. The summed E-state index contributed by atoms with van der Waals surface area (Å²) in [6, 6.07) is 6.12. The molecule has 1 aromatic rings. The fourth-order valence-corrected chi connectivity index (χ4v) is 2.65. The van der Waals surface area contributed by atoms with Crippen molar-refractivity contribution in [3.8, 4) is 0 Å². The predicted octanol–water partition coefficient (Wildman–Crippen LogP) is 0.569. The molecular weight excluding hydrogens is 240 g/mol. The van der Waals surface area contributed by atoms with Crippen molar-refractivity contribution in [1.82, 2.24) is 5.32 Å². The van der Waals surface area contributed by atoms with Gasteiger partial charge >= 0.3 is 0 Å². The molecule has 0 radical (unpaired) electrons. The summed E-state index contributed by atoms with van der Waals surface area (Å²) in [6.45, 7) is 2.36. The molecule has 0 saturated heterocycles. The zero-order chi connectivity index (χ0) is 12.9. The number of amides is 1. The Balaban J connectivity index is 2.83. The number of nitrogens with two attached hydrogens (primary N) is 1. The average Bonchev–Trinajstić information content (AvgIpc) is 2.26. The largest absolute Gasteiger partial charge is 0.398 e. The number of nitrogen functional groups attached to an aromatic ring is 1. The van der Waals surface area contributed by atoms with Gasteiger partial charge in [0.15, 0.2) is 9.84 Å². The van der Waals surface area contributed by atoms with E-state index in [0.717, 1.165) is 6.42 Å². The van der Waals surface area contributed by atoms with Crippen LogP contribution in [0.3, 0.4) is 0 Å². The molecule has 5 nitrogen and oxygen atoms in total. The van der Waals surface area contributed by atoms with E-state index in [4.69, 9.17) is 5.73 Å². The van der Waals surface area contributed by atoms with Crippen molar-refractivity contribution in [3.63, 3.8) is 0 Å². The maximum Gasteiger partial charge on any atom is 0.235 e. The van der Waals surface area contributed by atoms with Crippen LogP contribution >= 0.6 is 0 Å². The minimum Gasteiger partial charge on any atom is -0.398 e. The first-order valence-electron chi connectivity index (χ1n) is 5.31. The lowest BCUT2D eigenvalue weighted by molar-refractivity contribution is -0.118. The number of sulfone groups is 1. The monoisotopic (exact) mass is 256 g/mol. The molecule has 17 heavy (non-hydrogen) atoms. The molecular formula is C11H16N2O3S. The summed E-state index contributed by atoms with van der Waals surface area (Å²) in [5.41, 5.74) is 5.73. The fraction of sp³-hybridized carbons (Fsp3) is 0.364. The number of para-hydroxylation sites is 1. The quantitative estimate of drug-likeness (QED) is 0.754. The Hall–Kier alpha value is -1.56. The van der Waals surface area contributed by atoms with Crippen molar-refractivity contribution >= 4 is 21.4 Å². The van der Waals surface area contributed by atoms with Gasteiger partial charge in [-0.1, -0.05) is 19.1 Å². The molecule has 94 valence electrons. The molecule has 0 heterocycles. The van der Waals surface area contributed by atoms with Gasteiger partial charge in [-0.15, -0.1) is 0 Å². The summed E-state index contributed by atoms with van der Waals surface area (Å²) in [5.74, 6) is -1.07. The second-order valence-electron chi connectivity index (χ2n) is 3.65. The summed E-state index contributed by atoms with van der Waals surface area (Å²) in [5, 5.41) is 2.52. The van der Waals surface area contributed by atoms with Crippen molar-refractivity contribution in [3.05, 3.63) is 24.3 Å². The van der Waals surface area contributed by atoms with Crippen molar-refractivity contribution in [2.75, 3.05) is 18.0 Å². The molecule has 0 bridgehead atoms. The van der Waals surface area contributed by atoms with E-state index in [1.807, 2.05) is 6.92 Å². The average molecular weight is 256 g/mol. The number of carbonyl (C=O) groups excluding carboxylic acids is 1. The standard InChI is InChI=1S/C11H16N2O3S/c1-2-7-13-11(14)8-17(15,16)10-6-4-3-5-9(10)12/h3-6H,2,7-8,12H2,1H3,(H,13,14). The molecule has 6 heteroatoms. The zero-order valence-electron chi connectivity index (χ0n) is 9.64. The van der Waals surface area contributed by atoms with Gasteiger partial charge in [0, 0.05) is 6.54 Å². The van der Waals surface area contributed by atoms with Gasteiger partial charge in [0.25, 0.3) is 0 Å². The van der Waals surface area contributed by atoms with Crippen molar-refractivity contribution in [2.24, 2.45) is 0 Å². The van der Waals surface area contributed by atoms with Crippen LogP contribution in [0.2, 0.25) is 0 Å². The molecule has 0 atom stereocenters. The Kier molecular flexibility index (Phi) is 4.51. The molecule has 1 rings (SSSR count). The van der Waals surface area contributed by atoms with Crippen LogP contribution in [0, 0.1) is 0 Å². The smallest absolute Gasteiger partial charge is 0.235 e. The lowest BCUT2D eigenvalue weighted by Gasteiger charge is -2.07. The first-order valence-corrected chi connectivity index (χ1v) is 6.96. The van der Waals surface area contributed by atoms with E-state index < -0.39 is 21.5 Å². The summed E-state index contributed by atoms with van der Waals surface area (Å²) in [6.07, 6.45) is 0.763. The predicted molar refractivity (Wildman–Crippen MR) is 66.2 cm³/mol. The molecule has 1 amide bonds. The topological polar surface area (TPSA) is 89.3 Å². The van der Waals surface area contributed by atoms with E-state index in [2.05, 4.69) is 5.32 Å². The number of rotatable bonds is 5. The van der Waals surface area contributed by atoms with Crippen molar-refractivity contribution < 1.29 is 13.2 Å². The van der Waals surface area contributed by atoms with E-state index in [-0.39, 0.29) is 10.6 Å². The molecule has 0 unspecified atom stereocenters. The van der Waals surface area contributed by atoms with E-state index >= 15 is 0 Å². The first-order chi connectivity index (χ1) is 7.97. The fourth-order valence-electron chi connectivity index (χ4n) is 1.33. The lowest BCUT2D eigenvalue weighted by Crippen LogP contribution is -2.31. The molecule has 0 saturated carbocycles. The first kappa shape index (κ1) is 13.5. The van der Waals surface area contributed by atoms with Gasteiger partial charge in [-0.05, 0) is 18.6 Å². The lowest BCUT2D eigenvalue weighted by atomic mass is 10.3. The SMILES string of the molecule is CCCNC(=O)CS(=O)(=O)c1ccccc1N. The normalized spacial score (nSPS) is 11.1. The van der Waals surface area contributed by atoms with E-state index in [0.29, 0.717) is 6.54 Å². The van der Waals surface area contributed by atoms with Crippen LogP contribution in [-0.2, 0) is 14.6 Å². The van der Waals surface area contributed by atoms with Crippen LogP contribution in [0.1, 0.15) is 13.3 Å². The van der Waals surface area contributed by atoms with Crippen molar-refractivity contribution in [2.45, 2.75) is 18.2 Å². The highest BCUT2D eigenvalue weighted by Gasteiger charge is 2.20. The summed E-state index contributed by atoms with van der Waals surface area (Å²) in [4.78, 5) is 11.4. The van der Waals surface area contributed by atoms with Crippen LogP contribution in [0.25, 0.3) is 0 Å². The maximum atomic E-state index is 11.9. The highest BCUT2D eigenvalue weighted by atomic mass is 32.2. The molecule has 0 fully saturated rings. The number of anilines is 1. The third-order valence-corrected chi connectivity index (χ3v) is 3.83. The third kappa shape index (κ3) is 3.74. The summed E-state index contributed by atoms with van der Waals surface area (Å²) < 4.78 is 23.8. The number of hydrogen-bond acceptors (Lipinski definition) is 4. The Morgan fingerprint density at radius 2 is 2.00 bits per heavy atom. The molecule has 0 aromatic heterocycles. The van der Waals surface area contributed by atoms with Gasteiger partial charge in [-0.25, -0.2) is 8.42 Å². The van der Waals surface area contributed by atoms with Gasteiger partial charge in [0.1, 0.15) is 5.75 Å². The molecule has 1 aromatic carbocycles. The van der Waals surface area contributed by atoms with Gasteiger partial charge in [-0.3, -0.25) is 4.79 Å². The molecule has 3 N–H and O–H groups in total. The van der Waals surface area contributed by atoms with Crippen LogP contribution in [0.15, 0.2) is 29.2 Å². The van der Waals surface area contributed by atoms with Gasteiger partial charge < -0.3 is 11.1 Å². The minimum atomic E-state index is -3.66. The highest BCUT2D eigenvalue weighted by Crippen LogP contribution is 2.18. The van der Waals surface area contributed by atoms with E-state index in [1.165, 1.54) is 12.1 Å². The second kappa shape index (κ2) is 5.67. The minimum absolute atomic E-state index is 0.00616. The highest BCUT2D eigenvalue weighted by molar-refractivity contribution is 7.92. The van der Waals surface area contributed by atoms with Crippen molar-refractivity contribution in [1.29, 1.82) is 0 Å². The number of hydrogen-bond donors (Lipinski definition) is 2. The van der Waals surface area contributed by atoms with Gasteiger partial charge in [-0.2, -0.15) is 0 Å². The van der Waals surface area contributed by atoms with Crippen LogP contribution in [0.4, 0.5) is 5.69 Å². The Bertz CT molecular complexity index is 497. The number of benzene rings is 1. The van der Waals surface area contributed by atoms with E-state index in [9.17, 15) is 13.2 Å². The third-order valence-electron chi connectivity index (χ3n) is 2.15. The Morgan fingerprint density at radius 1 is 1.35 bits per heavy atom. The Labute approximate surface area is 101 Å². The number of carbonyl (C=O) groups is 1. The van der Waals surface area contributed by atoms with Crippen LogP contribution in [0.5, 0.6) is 0 Å². The summed E-state index contributed by atoms with van der Waals surface area (Å²) in [7, 11) is -3.66. The van der Waals surface area contributed by atoms with Gasteiger partial charge in [0.05, 0.1) is 10.6 Å². The zero-order valence-corrected chi connectivity index (χ0v) is 10.5. The molecule has 0 spiro atoms. The molecule has 0 aliphatic rings. The number of nitrogens with one attached hydrogen (secondary N) is 1.